The summed E-state index contributed by atoms with van der Waals surface area (Å²) < 4.78 is 4.85. The van der Waals surface area contributed by atoms with Crippen molar-refractivity contribution in [2.45, 2.75) is 38.9 Å². The highest BCUT2D eigenvalue weighted by Crippen LogP contribution is 2.01. The maximum atomic E-state index is 11.5. The van der Waals surface area contributed by atoms with Gasteiger partial charge in [0, 0.05) is 12.0 Å². The second kappa shape index (κ2) is 8.13. The summed E-state index contributed by atoms with van der Waals surface area (Å²) in [7, 11) is 0. The molecule has 106 valence electrons. The van der Waals surface area contributed by atoms with Gasteiger partial charge in [0.15, 0.2) is 0 Å². The lowest BCUT2D eigenvalue weighted by atomic mass is 10.1. The second-order valence-electron chi connectivity index (χ2n) is 4.61. The zero-order valence-electron chi connectivity index (χ0n) is 11.6. The Morgan fingerprint density at radius 1 is 1.25 bits per heavy atom. The molecule has 4 nitrogen and oxygen atoms in total. The molecule has 1 unspecified atom stereocenters. The van der Waals surface area contributed by atoms with Crippen LogP contribution in [-0.2, 0) is 14.3 Å². The van der Waals surface area contributed by atoms with Crippen LogP contribution in [0.1, 0.15) is 32.3 Å². The predicted molar refractivity (Wildman–Crippen MR) is 74.8 cm³/mol. The third-order valence-electron chi connectivity index (χ3n) is 2.29. The molecule has 0 saturated carbocycles. The Balaban J connectivity index is 2.43. The first-order valence-electron chi connectivity index (χ1n) is 6.43. The molecular formula is C16H18O4. The minimum atomic E-state index is -1.07. The Morgan fingerprint density at radius 3 is 2.50 bits per heavy atom. The van der Waals surface area contributed by atoms with Gasteiger partial charge in [0.25, 0.3) is 0 Å². The van der Waals surface area contributed by atoms with E-state index < -0.39 is 12.1 Å². The number of aliphatic hydroxyl groups excluding tert-OH is 1. The monoisotopic (exact) mass is 274 g/mol. The van der Waals surface area contributed by atoms with E-state index >= 15 is 0 Å². The molecule has 0 fully saturated rings. The van der Waals surface area contributed by atoms with Crippen molar-refractivity contribution in [1.82, 2.24) is 0 Å². The molecule has 1 N–H and O–H groups in total. The first-order valence-corrected chi connectivity index (χ1v) is 6.43. The Bertz CT molecular complexity index is 508. The van der Waals surface area contributed by atoms with E-state index in [4.69, 9.17) is 4.74 Å². The van der Waals surface area contributed by atoms with Gasteiger partial charge in [-0.05, 0) is 26.0 Å². The molecule has 1 aromatic rings. The van der Waals surface area contributed by atoms with Crippen LogP contribution in [0.3, 0.4) is 0 Å². The Labute approximate surface area is 118 Å². The average Bonchev–Trinajstić information content (AvgIpc) is 2.36. The number of hydrogen-bond acceptors (Lipinski definition) is 4. The summed E-state index contributed by atoms with van der Waals surface area (Å²) in [4.78, 5) is 22.8. The fourth-order valence-corrected chi connectivity index (χ4v) is 1.49. The lowest BCUT2D eigenvalue weighted by Gasteiger charge is -2.07. The highest BCUT2D eigenvalue weighted by molar-refractivity contribution is 5.95. The minimum absolute atomic E-state index is 0.174. The summed E-state index contributed by atoms with van der Waals surface area (Å²) in [5.74, 6) is 4.38. The number of aliphatic hydroxyl groups is 1. The molecule has 0 aliphatic heterocycles. The number of ether oxygens (including phenoxy) is 1. The van der Waals surface area contributed by atoms with E-state index in [1.54, 1.807) is 13.8 Å². The number of esters is 1. The summed E-state index contributed by atoms with van der Waals surface area (Å²) in [6, 6.07) is 9.15. The highest BCUT2D eigenvalue weighted by atomic mass is 16.5. The number of Topliss-reactive ketones (excluding diaryl/α,β-unsaturated/α-hetero) is 1. The van der Waals surface area contributed by atoms with Gasteiger partial charge in [-0.2, -0.15) is 0 Å². The van der Waals surface area contributed by atoms with Crippen LogP contribution in [0.2, 0.25) is 0 Å². The van der Waals surface area contributed by atoms with Crippen molar-refractivity contribution in [3.63, 3.8) is 0 Å². The van der Waals surface area contributed by atoms with Crippen molar-refractivity contribution in [3.8, 4) is 11.8 Å². The fourth-order valence-electron chi connectivity index (χ4n) is 1.49. The largest absolute Gasteiger partial charge is 0.463 e. The minimum Gasteiger partial charge on any atom is -0.463 e. The number of rotatable bonds is 5. The highest BCUT2D eigenvalue weighted by Gasteiger charge is 2.14. The molecule has 0 aliphatic rings. The van der Waals surface area contributed by atoms with Crippen LogP contribution in [0, 0.1) is 11.8 Å². The summed E-state index contributed by atoms with van der Waals surface area (Å²) >= 11 is 0. The van der Waals surface area contributed by atoms with Crippen LogP contribution < -0.4 is 0 Å². The molecule has 1 atom stereocenters. The van der Waals surface area contributed by atoms with Crippen molar-refractivity contribution in [2.24, 2.45) is 0 Å². The zero-order chi connectivity index (χ0) is 15.0. The fraction of sp³-hybridized carbons (Fsp3) is 0.375. The maximum Gasteiger partial charge on any atom is 0.313 e. The Kier molecular flexibility index (Phi) is 6.48. The summed E-state index contributed by atoms with van der Waals surface area (Å²) in [5, 5.41) is 9.63. The molecule has 0 aromatic heterocycles. The van der Waals surface area contributed by atoms with Gasteiger partial charge in [0.2, 0.25) is 0 Å². The predicted octanol–water partition coefficient (Wildman–Crippen LogP) is 1.70. The Hall–Kier alpha value is -2.12. The van der Waals surface area contributed by atoms with Crippen LogP contribution in [0.25, 0.3) is 0 Å². The van der Waals surface area contributed by atoms with Gasteiger partial charge in [-0.25, -0.2) is 0 Å². The standard InChI is InChI=1S/C16H18O4/c1-12(2)20-16(19)11-15(18)10-14(17)9-8-13-6-4-3-5-7-13/h3-7,12,14,17H,10-11H2,1-2H3. The molecule has 20 heavy (non-hydrogen) atoms. The van der Waals surface area contributed by atoms with Crippen LogP contribution in [0.15, 0.2) is 30.3 Å². The van der Waals surface area contributed by atoms with Crippen LogP contribution in [-0.4, -0.2) is 29.1 Å². The summed E-state index contributed by atoms with van der Waals surface area (Å²) in [6.45, 7) is 3.42. The molecule has 0 aliphatic carbocycles. The number of benzene rings is 1. The van der Waals surface area contributed by atoms with E-state index in [0.717, 1.165) is 5.56 Å². The maximum absolute atomic E-state index is 11.5. The second-order valence-corrected chi connectivity index (χ2v) is 4.61. The lowest BCUT2D eigenvalue weighted by molar-refractivity contribution is -0.149. The first-order chi connectivity index (χ1) is 9.47. The van der Waals surface area contributed by atoms with Gasteiger partial charge in [-0.1, -0.05) is 30.0 Å². The van der Waals surface area contributed by atoms with E-state index in [2.05, 4.69) is 11.8 Å². The zero-order valence-corrected chi connectivity index (χ0v) is 11.6. The van der Waals surface area contributed by atoms with E-state index in [1.807, 2.05) is 30.3 Å². The summed E-state index contributed by atoms with van der Waals surface area (Å²) in [5.41, 5.74) is 0.762. The molecule has 0 amide bonds. The van der Waals surface area contributed by atoms with Crippen LogP contribution >= 0.6 is 0 Å². The molecule has 0 heterocycles. The number of carbonyl (C=O) groups excluding carboxylic acids is 2. The Morgan fingerprint density at radius 2 is 1.90 bits per heavy atom. The van der Waals surface area contributed by atoms with E-state index in [1.165, 1.54) is 0 Å². The van der Waals surface area contributed by atoms with Gasteiger partial charge in [0.1, 0.15) is 18.3 Å². The van der Waals surface area contributed by atoms with Crippen molar-refractivity contribution < 1.29 is 19.4 Å². The van der Waals surface area contributed by atoms with Gasteiger partial charge >= 0.3 is 5.97 Å². The molecule has 1 rings (SSSR count). The SMILES string of the molecule is CC(C)OC(=O)CC(=O)CC(O)C#Cc1ccccc1. The van der Waals surface area contributed by atoms with E-state index in [0.29, 0.717) is 0 Å². The lowest BCUT2D eigenvalue weighted by Crippen LogP contribution is -2.18. The quantitative estimate of drug-likeness (QED) is 0.504. The third-order valence-corrected chi connectivity index (χ3v) is 2.29. The van der Waals surface area contributed by atoms with Crippen LogP contribution in [0.5, 0.6) is 0 Å². The third kappa shape index (κ3) is 6.72. The number of ketones is 1. The number of hydrogen-bond donors (Lipinski definition) is 1. The van der Waals surface area contributed by atoms with Crippen molar-refractivity contribution >= 4 is 11.8 Å². The first kappa shape index (κ1) is 15.9. The van der Waals surface area contributed by atoms with Gasteiger partial charge in [-0.15, -0.1) is 0 Å². The average molecular weight is 274 g/mol. The molecule has 0 bridgehead atoms. The topological polar surface area (TPSA) is 63.6 Å². The molecule has 1 aromatic carbocycles. The molecule has 0 saturated heterocycles. The van der Waals surface area contributed by atoms with E-state index in [9.17, 15) is 14.7 Å². The van der Waals surface area contributed by atoms with E-state index in [-0.39, 0.29) is 24.7 Å². The van der Waals surface area contributed by atoms with Gasteiger partial charge < -0.3 is 9.84 Å². The molecule has 4 heteroatoms. The molecule has 0 radical (unpaired) electrons. The van der Waals surface area contributed by atoms with Gasteiger partial charge in [-0.3, -0.25) is 9.59 Å². The van der Waals surface area contributed by atoms with Crippen molar-refractivity contribution in [1.29, 1.82) is 0 Å². The number of carbonyl (C=O) groups is 2. The van der Waals surface area contributed by atoms with Crippen molar-refractivity contribution in [3.05, 3.63) is 35.9 Å². The van der Waals surface area contributed by atoms with Crippen molar-refractivity contribution in [2.75, 3.05) is 0 Å². The van der Waals surface area contributed by atoms with Crippen LogP contribution in [0.4, 0.5) is 0 Å². The smallest absolute Gasteiger partial charge is 0.313 e. The normalized spacial score (nSPS) is 11.4. The molecule has 0 spiro atoms. The molecular weight excluding hydrogens is 256 g/mol. The van der Waals surface area contributed by atoms with Gasteiger partial charge in [0.05, 0.1) is 6.10 Å². The summed E-state index contributed by atoms with van der Waals surface area (Å²) in [6.07, 6.45) is -1.83.